The number of rotatable bonds is 9. The number of benzene rings is 4. The van der Waals surface area contributed by atoms with Crippen LogP contribution in [-0.4, -0.2) is 186 Å². The molecule has 0 aliphatic carbocycles. The molecule has 22 nitrogen and oxygen atoms in total. The summed E-state index contributed by atoms with van der Waals surface area (Å²) in [6.07, 6.45) is 18.5. The average Bonchev–Trinajstić information content (AvgIpc) is 2.25. The van der Waals surface area contributed by atoms with E-state index >= 15 is 0 Å². The topological polar surface area (TPSA) is 265 Å². The third-order valence-corrected chi connectivity index (χ3v) is 20.7. The fourth-order valence-electron chi connectivity index (χ4n) is 13.0. The van der Waals surface area contributed by atoms with E-state index in [0.717, 1.165) is 152 Å². The number of piperidine rings is 2. The summed E-state index contributed by atoms with van der Waals surface area (Å²) in [6, 6.07) is 24.8. The molecule has 0 spiro atoms. The molecule has 4 aromatic carbocycles. The minimum Gasteiger partial charge on any atom is -0.381 e. The molecule has 9 aromatic rings. The Hall–Kier alpha value is -7.66. The predicted molar refractivity (Wildman–Crippen MR) is 346 cm³/mol. The maximum Gasteiger partial charge on any atom is 0.219 e. The number of nitriles is 1. The van der Waals surface area contributed by atoms with E-state index in [2.05, 4.69) is 104 Å². The number of anilines is 3. The van der Waals surface area contributed by atoms with E-state index in [1.54, 1.807) is 27.8 Å². The number of pyridine rings is 1. The molecule has 0 radical (unpaired) electrons. The maximum absolute atomic E-state index is 11.8. The average molecular weight is 1250 g/mol. The number of ether oxygens (including phenoxy) is 1. The predicted octanol–water partition coefficient (Wildman–Crippen LogP) is 8.90. The number of carbonyl (C=O) groups excluding carboxylic acids is 1. The molecule has 0 saturated carbocycles. The first kappa shape index (κ1) is 62.0. The second-order valence-electron chi connectivity index (χ2n) is 23.4. The van der Waals surface area contributed by atoms with Gasteiger partial charge in [0.05, 0.1) is 71.0 Å². The quantitative estimate of drug-likeness (QED) is 0.105. The number of piperazine rings is 2. The Morgan fingerprint density at radius 3 is 1.59 bits per heavy atom. The van der Waals surface area contributed by atoms with Gasteiger partial charge in [0.15, 0.2) is 0 Å². The first-order chi connectivity index (χ1) is 42.5. The van der Waals surface area contributed by atoms with Crippen molar-refractivity contribution in [2.45, 2.75) is 76.5 Å². The van der Waals surface area contributed by atoms with Crippen LogP contribution in [0.25, 0.3) is 43.6 Å². The molecule has 5 aliphatic rings. The number of aryl methyl sites for hydroxylation is 1. The van der Waals surface area contributed by atoms with Gasteiger partial charge in [-0.1, -0.05) is 36.7 Å². The Balaban J connectivity index is 0.000000122. The molecule has 0 atom stereocenters. The van der Waals surface area contributed by atoms with E-state index in [1.807, 2.05) is 60.0 Å². The van der Waals surface area contributed by atoms with Crippen LogP contribution in [-0.2, 0) is 36.0 Å². The molecule has 25 heteroatoms. The number of fused-ring (bicyclic) bond motifs is 4. The van der Waals surface area contributed by atoms with Crippen molar-refractivity contribution in [1.29, 1.82) is 5.26 Å². The second-order valence-corrected chi connectivity index (χ2v) is 27.8. The SMILES string of the molecule is CC(=O)N1CCN(c2cc(C#N)cc3[nH]ncc23)CC1.CCc1cc(C2CCN(S(C)(=O)=O)CC2)c2cn[nH]c2c1.CS(=O)(=O)N1CCC(c2cc(C3CCOCC3)cc3[nH]ncc23)CC1.Clc1cc(N2CCN(c3ccccn3)CC2)c2cn[nH]c2c1. The van der Waals surface area contributed by atoms with Crippen molar-refractivity contribution >= 4 is 98.4 Å². The van der Waals surface area contributed by atoms with Gasteiger partial charge in [0.2, 0.25) is 26.0 Å². The summed E-state index contributed by atoms with van der Waals surface area (Å²) in [5, 5.41) is 43.0. The highest BCUT2D eigenvalue weighted by Gasteiger charge is 2.30. The molecule has 5 aliphatic heterocycles. The molecule has 1 amide bonds. The van der Waals surface area contributed by atoms with Gasteiger partial charge in [-0.15, -0.1) is 0 Å². The Morgan fingerprint density at radius 2 is 1.08 bits per heavy atom. The summed E-state index contributed by atoms with van der Waals surface area (Å²) in [7, 11) is -6.15. The molecule has 5 fully saturated rings. The largest absolute Gasteiger partial charge is 0.381 e. The van der Waals surface area contributed by atoms with E-state index in [1.165, 1.54) is 45.5 Å². The zero-order valence-electron chi connectivity index (χ0n) is 50.3. The molecule has 5 aromatic heterocycles. The Bertz CT molecular complexity index is 4130. The lowest BCUT2D eigenvalue weighted by atomic mass is 9.83. The number of amides is 1. The summed E-state index contributed by atoms with van der Waals surface area (Å²) in [6.45, 7) is 14.6. The van der Waals surface area contributed by atoms with Crippen LogP contribution < -0.4 is 14.7 Å². The third-order valence-electron chi connectivity index (χ3n) is 17.9. The fourth-order valence-corrected chi connectivity index (χ4v) is 14.9. The van der Waals surface area contributed by atoms with Gasteiger partial charge in [0, 0.05) is 143 Å². The minimum absolute atomic E-state index is 0.115. The van der Waals surface area contributed by atoms with Gasteiger partial charge in [-0.2, -0.15) is 25.7 Å². The normalized spacial score (nSPS) is 18.0. The molecular weight excluding hydrogens is 1180 g/mol. The van der Waals surface area contributed by atoms with Crippen LogP contribution in [0.15, 0.2) is 97.7 Å². The number of aromatic amines is 4. The Kier molecular flexibility index (Phi) is 19.3. The Labute approximate surface area is 518 Å². The summed E-state index contributed by atoms with van der Waals surface area (Å²) in [5.41, 5.74) is 12.1. The van der Waals surface area contributed by atoms with E-state index < -0.39 is 20.0 Å². The number of hydrogen-bond donors (Lipinski definition) is 4. The van der Waals surface area contributed by atoms with Crippen molar-refractivity contribution in [2.24, 2.45) is 0 Å². The van der Waals surface area contributed by atoms with Crippen LogP contribution in [0.3, 0.4) is 0 Å². The summed E-state index contributed by atoms with van der Waals surface area (Å²) >= 11 is 6.23. The molecule has 0 unspecified atom stereocenters. The van der Waals surface area contributed by atoms with Crippen molar-refractivity contribution < 1.29 is 26.4 Å². The highest BCUT2D eigenvalue weighted by atomic mass is 35.5. The van der Waals surface area contributed by atoms with Crippen LogP contribution in [0.5, 0.6) is 0 Å². The number of H-pyrrole nitrogens is 4. The number of halogens is 1. The lowest BCUT2D eigenvalue weighted by Crippen LogP contribution is -2.48. The zero-order chi connectivity index (χ0) is 61.5. The summed E-state index contributed by atoms with van der Waals surface area (Å²) in [5.74, 6) is 2.49. The van der Waals surface area contributed by atoms with E-state index in [-0.39, 0.29) is 5.91 Å². The molecule has 88 heavy (non-hydrogen) atoms. The highest BCUT2D eigenvalue weighted by Crippen LogP contribution is 2.39. The number of hydrogen-bond acceptors (Lipinski definition) is 15. The number of nitrogens with one attached hydrogen (secondary N) is 4. The van der Waals surface area contributed by atoms with Gasteiger partial charge in [-0.25, -0.2) is 30.4 Å². The molecule has 14 rings (SSSR count). The molecular formula is C63H77ClN16O6S2. The molecule has 4 N–H and O–H groups in total. The standard InChI is InChI=1S/C18H25N3O3S.C16H16ClN5.C15H21N3O2S.C14H15N5O/c1-25(22,23)21-6-2-14(3-7-21)16-10-15(13-4-8-24-9-5-13)11-18-17(16)12-19-20-18;17-12-9-14-13(11-19-20-14)15(10-12)21-5-7-22(8-6-21)16-3-1-2-4-18-16;1-3-11-8-13(14-10-16-17-15(14)9-11)12-4-6-18(7-5-12)21(2,19)20;1-10(20)18-2-4-19(5-3-18)14-7-11(8-15)6-13-12(14)9-16-17-13/h10-14H,2-9H2,1H3,(H,19,20);1-4,9-11H,5-8H2,(H,19,20);8-10,12H,3-7H2,1-2H3,(H,16,17);6-7,9H,2-5H2,1H3,(H,16,17). The first-order valence-corrected chi connectivity index (χ1v) is 34.4. The van der Waals surface area contributed by atoms with E-state index in [4.69, 9.17) is 21.6 Å². The molecule has 0 bridgehead atoms. The van der Waals surface area contributed by atoms with Crippen molar-refractivity contribution in [3.63, 3.8) is 0 Å². The summed E-state index contributed by atoms with van der Waals surface area (Å²) in [4.78, 5) is 24.5. The van der Waals surface area contributed by atoms with Crippen molar-refractivity contribution in [3.05, 3.63) is 131 Å². The zero-order valence-corrected chi connectivity index (χ0v) is 52.7. The third kappa shape index (κ3) is 14.4. The highest BCUT2D eigenvalue weighted by molar-refractivity contribution is 7.88. The van der Waals surface area contributed by atoms with Crippen LogP contribution >= 0.6 is 11.6 Å². The molecule has 10 heterocycles. The van der Waals surface area contributed by atoms with Crippen LogP contribution in [0.2, 0.25) is 5.02 Å². The minimum atomic E-state index is -3.09. The number of aromatic nitrogens is 9. The van der Waals surface area contributed by atoms with Gasteiger partial charge in [0.1, 0.15) is 5.82 Å². The number of nitrogens with zero attached hydrogens (tertiary/aromatic N) is 12. The van der Waals surface area contributed by atoms with Gasteiger partial charge in [-0.05, 0) is 133 Å². The second kappa shape index (κ2) is 27.4. The van der Waals surface area contributed by atoms with Crippen LogP contribution in [0.4, 0.5) is 17.2 Å². The number of sulfonamides is 2. The molecule has 464 valence electrons. The van der Waals surface area contributed by atoms with Crippen molar-refractivity contribution in [2.75, 3.05) is 119 Å². The maximum atomic E-state index is 11.8. The van der Waals surface area contributed by atoms with Crippen LogP contribution in [0, 0.1) is 11.3 Å². The van der Waals surface area contributed by atoms with Gasteiger partial charge in [0.25, 0.3) is 0 Å². The van der Waals surface area contributed by atoms with Crippen molar-refractivity contribution in [3.8, 4) is 6.07 Å². The van der Waals surface area contributed by atoms with Crippen molar-refractivity contribution in [1.82, 2.24) is 59.3 Å². The van der Waals surface area contributed by atoms with Gasteiger partial charge < -0.3 is 24.3 Å². The van der Waals surface area contributed by atoms with Crippen LogP contribution in [0.1, 0.15) is 97.9 Å². The molecule has 5 saturated heterocycles. The monoisotopic (exact) mass is 1250 g/mol. The fraction of sp³-hybridized carbons (Fsp3) is 0.444. The Morgan fingerprint density at radius 1 is 0.591 bits per heavy atom. The van der Waals surface area contributed by atoms with E-state index in [9.17, 15) is 21.6 Å². The lowest BCUT2D eigenvalue weighted by molar-refractivity contribution is -0.129. The summed E-state index contributed by atoms with van der Waals surface area (Å²) < 4.78 is 55.4. The first-order valence-electron chi connectivity index (χ1n) is 30.3. The van der Waals surface area contributed by atoms with Gasteiger partial charge in [-0.3, -0.25) is 25.2 Å². The number of carbonyl (C=O) groups is 1. The van der Waals surface area contributed by atoms with Gasteiger partial charge >= 0.3 is 0 Å². The lowest BCUT2D eigenvalue weighted by Gasteiger charge is -2.37. The van der Waals surface area contributed by atoms with E-state index in [0.29, 0.717) is 62.6 Å². The smallest absolute Gasteiger partial charge is 0.219 e.